The Balaban J connectivity index is 2.13. The highest BCUT2D eigenvalue weighted by Crippen LogP contribution is 2.26. The second-order valence-corrected chi connectivity index (χ2v) is 4.03. The van der Waals surface area contributed by atoms with Crippen LogP contribution in [0.3, 0.4) is 0 Å². The molecule has 1 aliphatic carbocycles. The molecular weight excluding hydrogens is 192 g/mol. The number of hydrogen-bond donors (Lipinski definition) is 1. The lowest BCUT2D eigenvalue weighted by Crippen LogP contribution is -2.26. The molecule has 1 aromatic rings. The summed E-state index contributed by atoms with van der Waals surface area (Å²) in [6.45, 7) is 1.77. The van der Waals surface area contributed by atoms with Gasteiger partial charge in [-0.3, -0.25) is 10.1 Å². The minimum atomic E-state index is -0.345. The van der Waals surface area contributed by atoms with E-state index in [4.69, 9.17) is 0 Å². The zero-order valence-corrected chi connectivity index (χ0v) is 8.69. The Morgan fingerprint density at radius 1 is 1.47 bits per heavy atom. The first-order chi connectivity index (χ1) is 7.16. The van der Waals surface area contributed by atoms with Crippen molar-refractivity contribution in [3.8, 4) is 0 Å². The molecule has 0 heterocycles. The van der Waals surface area contributed by atoms with Gasteiger partial charge in [0, 0.05) is 23.4 Å². The van der Waals surface area contributed by atoms with Gasteiger partial charge in [0.25, 0.3) is 5.69 Å². The van der Waals surface area contributed by atoms with Crippen molar-refractivity contribution in [2.24, 2.45) is 0 Å². The molecule has 1 N–H and O–H groups in total. The summed E-state index contributed by atoms with van der Waals surface area (Å²) in [7, 11) is 0. The van der Waals surface area contributed by atoms with Gasteiger partial charge in [0.15, 0.2) is 0 Å². The highest BCUT2D eigenvalue weighted by Gasteiger charge is 2.17. The fourth-order valence-corrected chi connectivity index (χ4v) is 1.74. The van der Waals surface area contributed by atoms with E-state index in [9.17, 15) is 10.1 Å². The molecule has 0 amide bonds. The van der Waals surface area contributed by atoms with Crippen LogP contribution in [0.1, 0.15) is 24.8 Å². The number of anilines is 1. The van der Waals surface area contributed by atoms with Crippen molar-refractivity contribution < 1.29 is 4.92 Å². The van der Waals surface area contributed by atoms with Crippen LogP contribution >= 0.6 is 0 Å². The maximum atomic E-state index is 10.6. The molecule has 1 fully saturated rings. The third-order valence-electron chi connectivity index (χ3n) is 2.87. The molecule has 0 atom stereocenters. The number of nitrogens with zero attached hydrogens (tertiary/aromatic N) is 1. The lowest BCUT2D eigenvalue weighted by Gasteiger charge is -2.27. The molecule has 1 aliphatic rings. The molecule has 4 nitrogen and oxygen atoms in total. The van der Waals surface area contributed by atoms with E-state index in [1.54, 1.807) is 19.1 Å². The average molecular weight is 206 g/mol. The van der Waals surface area contributed by atoms with E-state index in [2.05, 4.69) is 5.32 Å². The van der Waals surface area contributed by atoms with E-state index < -0.39 is 0 Å². The summed E-state index contributed by atoms with van der Waals surface area (Å²) in [6, 6.07) is 5.75. The Bertz CT molecular complexity index is 386. The van der Waals surface area contributed by atoms with E-state index in [-0.39, 0.29) is 10.6 Å². The lowest BCUT2D eigenvalue weighted by molar-refractivity contribution is -0.385. The van der Waals surface area contributed by atoms with Gasteiger partial charge in [0.2, 0.25) is 0 Å². The normalized spacial score (nSPS) is 15.8. The number of hydrogen-bond acceptors (Lipinski definition) is 3. The van der Waals surface area contributed by atoms with Crippen LogP contribution < -0.4 is 5.32 Å². The number of benzene rings is 1. The van der Waals surface area contributed by atoms with Crippen LogP contribution in [-0.2, 0) is 0 Å². The van der Waals surface area contributed by atoms with Crippen LogP contribution in [0, 0.1) is 17.0 Å². The van der Waals surface area contributed by atoms with Gasteiger partial charge in [-0.05, 0) is 38.3 Å². The molecule has 1 saturated carbocycles. The van der Waals surface area contributed by atoms with Gasteiger partial charge in [-0.2, -0.15) is 0 Å². The minimum Gasteiger partial charge on any atom is -0.382 e. The Morgan fingerprint density at radius 3 is 2.67 bits per heavy atom. The highest BCUT2D eigenvalue weighted by atomic mass is 16.6. The molecule has 4 heteroatoms. The zero-order chi connectivity index (χ0) is 10.8. The van der Waals surface area contributed by atoms with Crippen molar-refractivity contribution in [2.75, 3.05) is 5.32 Å². The smallest absolute Gasteiger partial charge is 0.272 e. The number of nitro benzene ring substituents is 1. The fourth-order valence-electron chi connectivity index (χ4n) is 1.74. The molecule has 80 valence electrons. The maximum absolute atomic E-state index is 10.6. The maximum Gasteiger partial charge on any atom is 0.272 e. The largest absolute Gasteiger partial charge is 0.382 e. The number of nitrogens with one attached hydrogen (secondary N) is 1. The van der Waals surface area contributed by atoms with E-state index in [0.717, 1.165) is 5.69 Å². The molecule has 1 aromatic carbocycles. The standard InChI is InChI=1S/C11H14N2O2/c1-8-7-10(12-9-3-2-4-9)5-6-11(8)13(14)15/h5-7,9,12H,2-4H2,1H3. The third-order valence-corrected chi connectivity index (χ3v) is 2.87. The van der Waals surface area contributed by atoms with Crippen molar-refractivity contribution >= 4 is 11.4 Å². The average Bonchev–Trinajstić information content (AvgIpc) is 2.11. The van der Waals surface area contributed by atoms with Crippen LogP contribution in [-0.4, -0.2) is 11.0 Å². The van der Waals surface area contributed by atoms with Crippen LogP contribution in [0.25, 0.3) is 0 Å². The molecule has 0 bridgehead atoms. The predicted octanol–water partition coefficient (Wildman–Crippen LogP) is 2.87. The summed E-state index contributed by atoms with van der Waals surface area (Å²) < 4.78 is 0. The SMILES string of the molecule is Cc1cc(NC2CCC2)ccc1[N+](=O)[O-]. The number of nitro groups is 1. The molecular formula is C11H14N2O2. The van der Waals surface area contributed by atoms with Gasteiger partial charge >= 0.3 is 0 Å². The Kier molecular flexibility index (Phi) is 2.58. The van der Waals surface area contributed by atoms with E-state index >= 15 is 0 Å². The highest BCUT2D eigenvalue weighted by molar-refractivity contribution is 5.54. The molecule has 0 aliphatic heterocycles. The van der Waals surface area contributed by atoms with E-state index in [0.29, 0.717) is 11.6 Å². The number of aryl methyl sites for hydroxylation is 1. The molecule has 0 aromatic heterocycles. The first kappa shape index (κ1) is 9.96. The second-order valence-electron chi connectivity index (χ2n) is 4.03. The number of rotatable bonds is 3. The van der Waals surface area contributed by atoms with Crippen LogP contribution in [0.5, 0.6) is 0 Å². The summed E-state index contributed by atoms with van der Waals surface area (Å²) in [5, 5.41) is 14.0. The topological polar surface area (TPSA) is 55.2 Å². The summed E-state index contributed by atoms with van der Waals surface area (Å²) >= 11 is 0. The monoisotopic (exact) mass is 206 g/mol. The molecule has 0 radical (unpaired) electrons. The Hall–Kier alpha value is -1.58. The van der Waals surface area contributed by atoms with Gasteiger partial charge < -0.3 is 5.32 Å². The van der Waals surface area contributed by atoms with Gasteiger partial charge in [-0.15, -0.1) is 0 Å². The Labute approximate surface area is 88.5 Å². The summed E-state index contributed by atoms with van der Waals surface area (Å²) in [4.78, 5) is 10.3. The molecule has 0 saturated heterocycles. The summed E-state index contributed by atoms with van der Waals surface area (Å²) in [5.74, 6) is 0. The van der Waals surface area contributed by atoms with E-state index in [1.807, 2.05) is 6.07 Å². The van der Waals surface area contributed by atoms with Crippen LogP contribution in [0.2, 0.25) is 0 Å². The zero-order valence-electron chi connectivity index (χ0n) is 8.69. The van der Waals surface area contributed by atoms with Crippen molar-refractivity contribution in [3.63, 3.8) is 0 Å². The lowest BCUT2D eigenvalue weighted by atomic mass is 9.93. The molecule has 0 spiro atoms. The van der Waals surface area contributed by atoms with Crippen LogP contribution in [0.4, 0.5) is 11.4 Å². The van der Waals surface area contributed by atoms with Gasteiger partial charge in [-0.1, -0.05) is 0 Å². The van der Waals surface area contributed by atoms with Crippen molar-refractivity contribution in [1.82, 2.24) is 0 Å². The van der Waals surface area contributed by atoms with Gasteiger partial charge in [-0.25, -0.2) is 0 Å². The predicted molar refractivity (Wildman–Crippen MR) is 59.1 cm³/mol. The summed E-state index contributed by atoms with van der Waals surface area (Å²) in [6.07, 6.45) is 3.69. The van der Waals surface area contributed by atoms with Crippen LogP contribution in [0.15, 0.2) is 18.2 Å². The van der Waals surface area contributed by atoms with Gasteiger partial charge in [0.05, 0.1) is 4.92 Å². The van der Waals surface area contributed by atoms with Gasteiger partial charge in [0.1, 0.15) is 0 Å². The molecule has 0 unspecified atom stereocenters. The molecule has 15 heavy (non-hydrogen) atoms. The quantitative estimate of drug-likeness (QED) is 0.611. The minimum absolute atomic E-state index is 0.189. The first-order valence-corrected chi connectivity index (χ1v) is 5.18. The second kappa shape index (κ2) is 3.88. The van der Waals surface area contributed by atoms with Crippen molar-refractivity contribution in [3.05, 3.63) is 33.9 Å². The van der Waals surface area contributed by atoms with Crippen molar-refractivity contribution in [1.29, 1.82) is 0 Å². The fraction of sp³-hybridized carbons (Fsp3) is 0.455. The molecule has 2 rings (SSSR count). The third kappa shape index (κ3) is 2.09. The first-order valence-electron chi connectivity index (χ1n) is 5.18. The van der Waals surface area contributed by atoms with E-state index in [1.165, 1.54) is 19.3 Å². The Morgan fingerprint density at radius 2 is 2.20 bits per heavy atom. The summed E-state index contributed by atoms with van der Waals surface area (Å²) in [5.41, 5.74) is 1.89. The van der Waals surface area contributed by atoms with Crippen molar-refractivity contribution in [2.45, 2.75) is 32.2 Å².